The highest BCUT2D eigenvalue weighted by molar-refractivity contribution is 5.95. The average molecular weight is 390 g/mol. The first kappa shape index (κ1) is 18.0. The minimum Gasteiger partial charge on any atom is -1.00 e. The van der Waals surface area contributed by atoms with Crippen LogP contribution in [0.2, 0.25) is 0 Å². The predicted molar refractivity (Wildman–Crippen MR) is 89.1 cm³/mol. The molecule has 5 nitrogen and oxygen atoms in total. The summed E-state index contributed by atoms with van der Waals surface area (Å²) in [4.78, 5) is 12.5. The number of nitrogens with two attached hydrogens (primary N) is 1. The van der Waals surface area contributed by atoms with E-state index in [0.717, 1.165) is 16.8 Å². The van der Waals surface area contributed by atoms with Crippen LogP contribution in [-0.4, -0.2) is 17.6 Å². The molecular formula is C18H20BrN3O2. The molecule has 3 rings (SSSR count). The molecule has 1 heterocycles. The van der Waals surface area contributed by atoms with E-state index in [1.165, 1.54) is 11.1 Å². The fourth-order valence-electron chi connectivity index (χ4n) is 2.65. The minimum absolute atomic E-state index is 0. The first-order valence-electron chi connectivity index (χ1n) is 7.43. The third-order valence-electron chi connectivity index (χ3n) is 4.17. The second-order valence-electron chi connectivity index (χ2n) is 5.73. The Morgan fingerprint density at radius 1 is 1.17 bits per heavy atom. The van der Waals surface area contributed by atoms with E-state index in [0.29, 0.717) is 5.56 Å². The summed E-state index contributed by atoms with van der Waals surface area (Å²) in [6.07, 6.45) is 1.75. The Morgan fingerprint density at radius 3 is 2.42 bits per heavy atom. The third-order valence-corrected chi connectivity index (χ3v) is 4.17. The van der Waals surface area contributed by atoms with E-state index in [1.807, 2.05) is 10.6 Å². The summed E-state index contributed by atoms with van der Waals surface area (Å²) in [6.45, 7) is 4.35. The number of carbonyl (C=O) groups is 1. The van der Waals surface area contributed by atoms with Crippen molar-refractivity contribution in [3.63, 3.8) is 0 Å². The number of hydrogen-bond donors (Lipinski definition) is 1. The molecular weight excluding hydrogens is 370 g/mol. The summed E-state index contributed by atoms with van der Waals surface area (Å²) >= 11 is 0. The molecule has 0 aliphatic carbocycles. The predicted octanol–water partition coefficient (Wildman–Crippen LogP) is -0.845. The Labute approximate surface area is 151 Å². The van der Waals surface area contributed by atoms with Crippen molar-refractivity contribution in [1.82, 2.24) is 4.68 Å². The van der Waals surface area contributed by atoms with Crippen molar-refractivity contribution in [2.24, 2.45) is 0 Å². The van der Waals surface area contributed by atoms with Crippen molar-refractivity contribution in [3.05, 3.63) is 59.4 Å². The van der Waals surface area contributed by atoms with E-state index >= 15 is 0 Å². The maximum Gasteiger partial charge on any atom is 0.268 e. The smallest absolute Gasteiger partial charge is 0.268 e. The molecule has 0 saturated heterocycles. The molecule has 6 heteroatoms. The van der Waals surface area contributed by atoms with Crippen molar-refractivity contribution in [1.29, 1.82) is 0 Å². The number of aryl methyl sites for hydroxylation is 2. The molecule has 1 aromatic heterocycles. The number of methoxy groups -OCH3 is 1. The maximum atomic E-state index is 12.5. The Hall–Kier alpha value is -2.34. The molecule has 0 spiro atoms. The number of benzene rings is 2. The lowest BCUT2D eigenvalue weighted by Gasteiger charge is -2.02. The lowest BCUT2D eigenvalue weighted by Crippen LogP contribution is -3.00. The topological polar surface area (TPSA) is 61.1 Å². The van der Waals surface area contributed by atoms with Gasteiger partial charge in [0, 0.05) is 5.56 Å². The fraction of sp³-hybridized carbons (Fsp3) is 0.222. The summed E-state index contributed by atoms with van der Waals surface area (Å²) in [7, 11) is 1.60. The van der Waals surface area contributed by atoms with Gasteiger partial charge in [0.15, 0.2) is 17.6 Å². The number of Topliss-reactive ketones (excluding diaryl/α,β-unsaturated/α-hetero) is 1. The summed E-state index contributed by atoms with van der Waals surface area (Å²) in [5.41, 5.74) is 4.87. The number of imidazole rings is 1. The largest absolute Gasteiger partial charge is 1.00 e. The molecule has 3 aromatic rings. The highest BCUT2D eigenvalue weighted by Gasteiger charge is 2.18. The zero-order valence-corrected chi connectivity index (χ0v) is 15.5. The highest BCUT2D eigenvalue weighted by atomic mass is 79.9. The van der Waals surface area contributed by atoms with E-state index in [-0.39, 0.29) is 29.3 Å². The van der Waals surface area contributed by atoms with Gasteiger partial charge in [0.2, 0.25) is 5.78 Å². The van der Waals surface area contributed by atoms with Crippen molar-refractivity contribution < 1.29 is 31.1 Å². The van der Waals surface area contributed by atoms with Crippen molar-refractivity contribution in [3.8, 4) is 5.75 Å². The van der Waals surface area contributed by atoms with Crippen LogP contribution < -0.4 is 32.1 Å². The molecule has 0 atom stereocenters. The van der Waals surface area contributed by atoms with Gasteiger partial charge in [0.05, 0.1) is 7.11 Å². The zero-order chi connectivity index (χ0) is 16.6. The second kappa shape index (κ2) is 7.05. The Bertz CT molecular complexity index is 885. The van der Waals surface area contributed by atoms with Crippen LogP contribution in [0.5, 0.6) is 5.75 Å². The van der Waals surface area contributed by atoms with E-state index in [1.54, 1.807) is 42.4 Å². The molecule has 24 heavy (non-hydrogen) atoms. The van der Waals surface area contributed by atoms with Crippen LogP contribution >= 0.6 is 0 Å². The summed E-state index contributed by atoms with van der Waals surface area (Å²) in [5.74, 6) is 6.78. The normalized spacial score (nSPS) is 10.5. The van der Waals surface area contributed by atoms with Crippen molar-refractivity contribution >= 4 is 16.8 Å². The molecule has 0 saturated carbocycles. The molecule has 0 bridgehead atoms. The molecule has 0 unspecified atom stereocenters. The van der Waals surface area contributed by atoms with Crippen LogP contribution in [0.15, 0.2) is 42.7 Å². The summed E-state index contributed by atoms with van der Waals surface area (Å²) < 4.78 is 8.56. The number of nitrogen functional groups attached to an aromatic ring is 1. The highest BCUT2D eigenvalue weighted by Crippen LogP contribution is 2.16. The third kappa shape index (κ3) is 3.28. The van der Waals surface area contributed by atoms with Gasteiger partial charge in [-0.1, -0.05) is 0 Å². The van der Waals surface area contributed by atoms with Crippen LogP contribution in [0.3, 0.4) is 0 Å². The molecule has 0 aliphatic heterocycles. The molecule has 0 amide bonds. The standard InChI is InChI=1S/C18H20N3O2.BrH/c1-12-8-16-17(9-13(12)2)21(19)11-20(16)10-18(22)14-4-6-15(23-3)7-5-14;/h4-9,11H,10,19H2,1-3H3;1H/q+1;/p-1. The first-order chi connectivity index (χ1) is 11.0. The summed E-state index contributed by atoms with van der Waals surface area (Å²) in [5, 5.41) is 0. The van der Waals surface area contributed by atoms with E-state index in [9.17, 15) is 4.79 Å². The average Bonchev–Trinajstić information content (AvgIpc) is 2.83. The SMILES string of the molecule is COc1ccc(C(=O)C[n+]2cn(N)c3cc(C)c(C)cc32)cc1.[Br-]. The van der Waals surface area contributed by atoms with Crippen LogP contribution in [0.25, 0.3) is 11.0 Å². The van der Waals surface area contributed by atoms with Gasteiger partial charge in [0.25, 0.3) is 6.33 Å². The van der Waals surface area contributed by atoms with Gasteiger partial charge in [-0.2, -0.15) is 0 Å². The van der Waals surface area contributed by atoms with Gasteiger partial charge < -0.3 is 21.7 Å². The second-order valence-corrected chi connectivity index (χ2v) is 5.73. The van der Waals surface area contributed by atoms with Crippen LogP contribution in [0, 0.1) is 13.8 Å². The molecule has 2 aromatic carbocycles. The van der Waals surface area contributed by atoms with Gasteiger partial charge in [-0.05, 0) is 61.4 Å². The lowest BCUT2D eigenvalue weighted by molar-refractivity contribution is -0.657. The minimum atomic E-state index is 0. The number of carbonyl (C=O) groups excluding carboxylic acids is 1. The Balaban J connectivity index is 0.00000208. The van der Waals surface area contributed by atoms with Crippen LogP contribution in [0.1, 0.15) is 21.5 Å². The molecule has 0 radical (unpaired) electrons. The van der Waals surface area contributed by atoms with Gasteiger partial charge in [-0.25, -0.2) is 4.57 Å². The molecule has 0 aliphatic rings. The van der Waals surface area contributed by atoms with Gasteiger partial charge in [0.1, 0.15) is 5.75 Å². The number of hydrogen-bond acceptors (Lipinski definition) is 3. The van der Waals surface area contributed by atoms with E-state index < -0.39 is 0 Å². The zero-order valence-electron chi connectivity index (χ0n) is 13.9. The lowest BCUT2D eigenvalue weighted by atomic mass is 10.1. The Kier molecular flexibility index (Phi) is 5.29. The number of ether oxygens (including phenoxy) is 1. The van der Waals surface area contributed by atoms with Gasteiger partial charge in [-0.15, -0.1) is 4.68 Å². The summed E-state index contributed by atoms with van der Waals surface area (Å²) in [6, 6.07) is 11.2. The first-order valence-corrected chi connectivity index (χ1v) is 7.43. The fourth-order valence-corrected chi connectivity index (χ4v) is 2.65. The quantitative estimate of drug-likeness (QED) is 0.359. The van der Waals surface area contributed by atoms with Crippen LogP contribution in [-0.2, 0) is 6.54 Å². The van der Waals surface area contributed by atoms with E-state index in [4.69, 9.17) is 10.6 Å². The Morgan fingerprint density at radius 2 is 1.79 bits per heavy atom. The molecule has 2 N–H and O–H groups in total. The molecule has 126 valence electrons. The number of ketones is 1. The number of aromatic nitrogens is 2. The van der Waals surface area contributed by atoms with Gasteiger partial charge in [-0.3, -0.25) is 10.6 Å². The number of halogens is 1. The number of nitrogens with zero attached hydrogens (tertiary/aromatic N) is 2. The number of fused-ring (bicyclic) bond motifs is 1. The maximum absolute atomic E-state index is 12.5. The van der Waals surface area contributed by atoms with Crippen molar-refractivity contribution in [2.75, 3.05) is 13.0 Å². The molecule has 0 fully saturated rings. The number of rotatable bonds is 4. The van der Waals surface area contributed by atoms with E-state index in [2.05, 4.69) is 19.9 Å². The van der Waals surface area contributed by atoms with Gasteiger partial charge >= 0.3 is 0 Å². The monoisotopic (exact) mass is 389 g/mol. The van der Waals surface area contributed by atoms with Crippen molar-refractivity contribution in [2.45, 2.75) is 20.4 Å². The van der Waals surface area contributed by atoms with Crippen LogP contribution in [0.4, 0.5) is 0 Å².